The SMILES string of the molecule is CCNC(C)CCSCCC#CC#CC(=O)OP. The highest BCUT2D eigenvalue weighted by molar-refractivity contribution is 7.99. The fourth-order valence-corrected chi connectivity index (χ4v) is 2.18. The first-order chi connectivity index (χ1) is 8.70. The highest BCUT2D eigenvalue weighted by Gasteiger charge is 1.98. The zero-order valence-electron chi connectivity index (χ0n) is 10.9. The van der Waals surface area contributed by atoms with Gasteiger partial charge in [-0.1, -0.05) is 12.8 Å². The van der Waals surface area contributed by atoms with Crippen LogP contribution in [0.1, 0.15) is 26.7 Å². The molecule has 0 radical (unpaired) electrons. The number of carbonyl (C=O) groups excluding carboxylic acids is 1. The molecular weight excluding hydrogens is 265 g/mol. The summed E-state index contributed by atoms with van der Waals surface area (Å²) in [5.74, 6) is 11.8. The third-order valence-corrected chi connectivity index (χ3v) is 3.27. The Kier molecular flexibility index (Phi) is 12.3. The van der Waals surface area contributed by atoms with Crippen molar-refractivity contribution in [2.45, 2.75) is 32.7 Å². The first kappa shape index (κ1) is 17.3. The Labute approximate surface area is 116 Å². The summed E-state index contributed by atoms with van der Waals surface area (Å²) in [6.45, 7) is 5.34. The summed E-state index contributed by atoms with van der Waals surface area (Å²) in [6.07, 6.45) is 1.97. The highest BCUT2D eigenvalue weighted by atomic mass is 32.2. The summed E-state index contributed by atoms with van der Waals surface area (Å²) >= 11 is 1.89. The average molecular weight is 285 g/mol. The minimum Gasteiger partial charge on any atom is -0.442 e. The van der Waals surface area contributed by atoms with E-state index in [9.17, 15) is 4.79 Å². The van der Waals surface area contributed by atoms with Crippen LogP contribution in [0, 0.1) is 23.7 Å². The molecule has 0 aromatic heterocycles. The van der Waals surface area contributed by atoms with Crippen molar-refractivity contribution in [3.63, 3.8) is 0 Å². The van der Waals surface area contributed by atoms with Crippen molar-refractivity contribution in [1.29, 1.82) is 0 Å². The lowest BCUT2D eigenvalue weighted by Crippen LogP contribution is -2.25. The second kappa shape index (κ2) is 12.8. The maximum atomic E-state index is 10.6. The van der Waals surface area contributed by atoms with Gasteiger partial charge in [0.05, 0.1) is 9.47 Å². The molecular formula is C13H20NO2PS. The van der Waals surface area contributed by atoms with Crippen molar-refractivity contribution in [3.05, 3.63) is 0 Å². The largest absolute Gasteiger partial charge is 0.442 e. The van der Waals surface area contributed by atoms with Gasteiger partial charge in [-0.15, -0.1) is 0 Å². The minimum absolute atomic E-state index is 0.581. The van der Waals surface area contributed by atoms with E-state index >= 15 is 0 Å². The molecule has 0 saturated heterocycles. The van der Waals surface area contributed by atoms with E-state index in [0.717, 1.165) is 24.5 Å². The molecule has 100 valence electrons. The van der Waals surface area contributed by atoms with Crippen LogP contribution in [0.25, 0.3) is 0 Å². The molecule has 0 aromatic carbocycles. The predicted molar refractivity (Wildman–Crippen MR) is 81.1 cm³/mol. The van der Waals surface area contributed by atoms with E-state index in [1.807, 2.05) is 21.2 Å². The molecule has 0 rings (SSSR count). The van der Waals surface area contributed by atoms with Gasteiger partial charge in [-0.3, -0.25) is 0 Å². The Morgan fingerprint density at radius 2 is 2.22 bits per heavy atom. The van der Waals surface area contributed by atoms with Crippen LogP contribution in [0.15, 0.2) is 0 Å². The monoisotopic (exact) mass is 285 g/mol. The second-order valence-corrected chi connectivity index (χ2v) is 5.03. The van der Waals surface area contributed by atoms with E-state index in [-0.39, 0.29) is 0 Å². The zero-order chi connectivity index (χ0) is 13.6. The molecule has 0 aliphatic rings. The van der Waals surface area contributed by atoms with Gasteiger partial charge in [0.1, 0.15) is 0 Å². The van der Waals surface area contributed by atoms with Gasteiger partial charge < -0.3 is 9.84 Å². The molecule has 0 bridgehead atoms. The molecule has 0 aliphatic carbocycles. The summed E-state index contributed by atoms with van der Waals surface area (Å²) in [6, 6.07) is 0.581. The Balaban J connectivity index is 3.48. The summed E-state index contributed by atoms with van der Waals surface area (Å²) in [5.41, 5.74) is 0. The molecule has 0 heterocycles. The van der Waals surface area contributed by atoms with Gasteiger partial charge in [0, 0.05) is 24.1 Å². The van der Waals surface area contributed by atoms with E-state index in [4.69, 9.17) is 0 Å². The van der Waals surface area contributed by atoms with E-state index in [2.05, 4.69) is 47.4 Å². The molecule has 2 unspecified atom stereocenters. The summed E-state index contributed by atoms with van der Waals surface area (Å²) in [4.78, 5) is 10.6. The molecule has 0 saturated carbocycles. The summed E-state index contributed by atoms with van der Waals surface area (Å²) in [5, 5.41) is 3.38. The molecule has 0 spiro atoms. The summed E-state index contributed by atoms with van der Waals surface area (Å²) in [7, 11) is 1.85. The van der Waals surface area contributed by atoms with Gasteiger partial charge in [-0.25, -0.2) is 4.79 Å². The lowest BCUT2D eigenvalue weighted by Gasteiger charge is -2.10. The smallest absolute Gasteiger partial charge is 0.387 e. The standard InChI is InChI=1S/C13H20NO2PS/c1-3-14-12(2)9-11-18-10-7-5-4-6-8-13(15)16-17/h12,14H,3,7,9-11,17H2,1-2H3. The zero-order valence-corrected chi connectivity index (χ0v) is 12.9. The van der Waals surface area contributed by atoms with E-state index in [1.54, 1.807) is 0 Å². The number of thioether (sulfide) groups is 1. The van der Waals surface area contributed by atoms with Crippen LogP contribution >= 0.6 is 21.2 Å². The van der Waals surface area contributed by atoms with Crippen LogP contribution in [0.4, 0.5) is 0 Å². The number of carbonyl (C=O) groups is 1. The van der Waals surface area contributed by atoms with E-state index < -0.39 is 5.97 Å². The van der Waals surface area contributed by atoms with Gasteiger partial charge >= 0.3 is 5.97 Å². The quantitative estimate of drug-likeness (QED) is 0.440. The lowest BCUT2D eigenvalue weighted by molar-refractivity contribution is -0.126. The normalized spacial score (nSPS) is 10.6. The maximum absolute atomic E-state index is 10.6. The van der Waals surface area contributed by atoms with Crippen LogP contribution in [-0.4, -0.2) is 30.1 Å². The number of nitrogens with one attached hydrogen (secondary N) is 1. The van der Waals surface area contributed by atoms with E-state index in [0.29, 0.717) is 6.04 Å². The molecule has 18 heavy (non-hydrogen) atoms. The maximum Gasteiger partial charge on any atom is 0.387 e. The molecule has 5 heteroatoms. The molecule has 1 N–H and O–H groups in total. The molecule has 0 fully saturated rings. The van der Waals surface area contributed by atoms with Crippen molar-refractivity contribution in [3.8, 4) is 23.7 Å². The number of hydrogen-bond donors (Lipinski definition) is 1. The lowest BCUT2D eigenvalue weighted by atomic mass is 10.3. The van der Waals surface area contributed by atoms with Gasteiger partial charge in [-0.05, 0) is 37.5 Å². The first-order valence-electron chi connectivity index (χ1n) is 5.91. The Hall–Kier alpha value is -0.670. The molecule has 0 amide bonds. The predicted octanol–water partition coefficient (Wildman–Crippen LogP) is 1.84. The van der Waals surface area contributed by atoms with Crippen LogP contribution in [0.2, 0.25) is 0 Å². The van der Waals surface area contributed by atoms with Crippen LogP contribution < -0.4 is 5.32 Å². The van der Waals surface area contributed by atoms with Gasteiger partial charge in [-0.2, -0.15) is 11.8 Å². The molecule has 0 aliphatic heterocycles. The third-order valence-electron chi connectivity index (χ3n) is 2.04. The number of rotatable bonds is 7. The van der Waals surface area contributed by atoms with Crippen molar-refractivity contribution in [1.82, 2.24) is 5.32 Å². The van der Waals surface area contributed by atoms with Crippen molar-refractivity contribution in [2.24, 2.45) is 0 Å². The Morgan fingerprint density at radius 3 is 2.89 bits per heavy atom. The van der Waals surface area contributed by atoms with Crippen molar-refractivity contribution in [2.75, 3.05) is 18.1 Å². The van der Waals surface area contributed by atoms with Gasteiger partial charge in [0.15, 0.2) is 0 Å². The molecule has 0 aromatic rings. The van der Waals surface area contributed by atoms with Crippen molar-refractivity contribution >= 4 is 27.2 Å². The number of hydrogen-bond acceptors (Lipinski definition) is 4. The first-order valence-corrected chi connectivity index (χ1v) is 7.54. The second-order valence-electron chi connectivity index (χ2n) is 3.57. The molecule has 2 atom stereocenters. The summed E-state index contributed by atoms with van der Waals surface area (Å²) < 4.78 is 4.28. The topological polar surface area (TPSA) is 38.3 Å². The minimum atomic E-state index is -0.582. The van der Waals surface area contributed by atoms with Gasteiger partial charge in [0.25, 0.3) is 0 Å². The van der Waals surface area contributed by atoms with Crippen molar-refractivity contribution < 1.29 is 9.32 Å². The van der Waals surface area contributed by atoms with Crippen LogP contribution in [-0.2, 0) is 9.32 Å². The average Bonchev–Trinajstić information content (AvgIpc) is 2.36. The third kappa shape index (κ3) is 11.8. The van der Waals surface area contributed by atoms with Gasteiger partial charge in [0.2, 0.25) is 0 Å². The fourth-order valence-electron chi connectivity index (χ4n) is 1.15. The van der Waals surface area contributed by atoms with Crippen LogP contribution in [0.5, 0.6) is 0 Å². The Morgan fingerprint density at radius 1 is 1.44 bits per heavy atom. The van der Waals surface area contributed by atoms with Crippen LogP contribution in [0.3, 0.4) is 0 Å². The highest BCUT2D eigenvalue weighted by Crippen LogP contribution is 2.05. The fraction of sp³-hybridized carbons (Fsp3) is 0.615. The Bertz CT molecular complexity index is 351. The van der Waals surface area contributed by atoms with E-state index in [1.165, 1.54) is 6.42 Å². The molecule has 3 nitrogen and oxygen atoms in total.